The van der Waals surface area contributed by atoms with E-state index < -0.39 is 6.04 Å². The summed E-state index contributed by atoms with van der Waals surface area (Å²) in [5.74, 6) is -0.987. The summed E-state index contributed by atoms with van der Waals surface area (Å²) in [5, 5.41) is 2.57. The van der Waals surface area contributed by atoms with E-state index in [1.54, 1.807) is 26.0 Å². The molecule has 2 rings (SSSR count). The standard InChI is InChI=1S/C12H13ClN2O3S/c1-6(2)15-10(16)5-7(12(15)18)14-11(17)8-3-4-9(13)19-8/h3-4,6-7H,5H2,1-2H3,(H,14,17)/t7-/m1/s1. The van der Waals surface area contributed by atoms with E-state index in [9.17, 15) is 14.4 Å². The minimum absolute atomic E-state index is 0.0157. The van der Waals surface area contributed by atoms with Gasteiger partial charge in [0.15, 0.2) is 0 Å². The monoisotopic (exact) mass is 300 g/mol. The molecular formula is C12H13ClN2O3S. The van der Waals surface area contributed by atoms with Gasteiger partial charge in [0, 0.05) is 6.04 Å². The summed E-state index contributed by atoms with van der Waals surface area (Å²) in [5.41, 5.74) is 0. The highest BCUT2D eigenvalue weighted by molar-refractivity contribution is 7.18. The summed E-state index contributed by atoms with van der Waals surface area (Å²) < 4.78 is 0.503. The van der Waals surface area contributed by atoms with Crippen LogP contribution < -0.4 is 5.32 Å². The van der Waals surface area contributed by atoms with Gasteiger partial charge < -0.3 is 5.32 Å². The lowest BCUT2D eigenvalue weighted by atomic mass is 10.2. The summed E-state index contributed by atoms with van der Waals surface area (Å²) in [4.78, 5) is 37.2. The molecule has 1 aromatic heterocycles. The molecule has 1 atom stereocenters. The molecule has 1 aliphatic heterocycles. The molecule has 2 heterocycles. The summed E-state index contributed by atoms with van der Waals surface area (Å²) >= 11 is 6.88. The molecule has 0 aliphatic carbocycles. The Bertz CT molecular complexity index is 541. The zero-order valence-electron chi connectivity index (χ0n) is 10.5. The fourth-order valence-electron chi connectivity index (χ4n) is 1.97. The van der Waals surface area contributed by atoms with E-state index in [0.717, 1.165) is 11.3 Å². The van der Waals surface area contributed by atoms with Crippen LogP contribution in [0.15, 0.2) is 12.1 Å². The molecule has 1 aliphatic rings. The van der Waals surface area contributed by atoms with Gasteiger partial charge in [0.1, 0.15) is 6.04 Å². The van der Waals surface area contributed by atoms with E-state index in [-0.39, 0.29) is 30.2 Å². The van der Waals surface area contributed by atoms with Gasteiger partial charge in [0.25, 0.3) is 11.8 Å². The van der Waals surface area contributed by atoms with Gasteiger partial charge in [-0.05, 0) is 26.0 Å². The Kier molecular flexibility index (Phi) is 3.91. The number of imide groups is 1. The first-order valence-electron chi connectivity index (χ1n) is 5.82. The molecule has 0 radical (unpaired) electrons. The Morgan fingerprint density at radius 2 is 2.16 bits per heavy atom. The van der Waals surface area contributed by atoms with Crippen molar-refractivity contribution in [2.45, 2.75) is 32.4 Å². The average molecular weight is 301 g/mol. The van der Waals surface area contributed by atoms with E-state index in [0.29, 0.717) is 9.21 Å². The Morgan fingerprint density at radius 1 is 1.47 bits per heavy atom. The molecule has 0 spiro atoms. The number of likely N-dealkylation sites (tertiary alicyclic amines) is 1. The maximum atomic E-state index is 12.0. The van der Waals surface area contributed by atoms with Crippen LogP contribution in [0.3, 0.4) is 0 Å². The van der Waals surface area contributed by atoms with Crippen LogP contribution in [0.4, 0.5) is 0 Å². The van der Waals surface area contributed by atoms with E-state index in [1.807, 2.05) is 0 Å². The average Bonchev–Trinajstić information content (AvgIpc) is 2.84. The molecular weight excluding hydrogens is 288 g/mol. The van der Waals surface area contributed by atoms with Crippen molar-refractivity contribution in [3.05, 3.63) is 21.3 Å². The number of nitrogens with zero attached hydrogens (tertiary/aromatic N) is 1. The first-order chi connectivity index (χ1) is 8.90. The van der Waals surface area contributed by atoms with Crippen LogP contribution in [0.5, 0.6) is 0 Å². The van der Waals surface area contributed by atoms with E-state index >= 15 is 0 Å². The van der Waals surface area contributed by atoms with Gasteiger partial charge in [0.2, 0.25) is 5.91 Å². The van der Waals surface area contributed by atoms with Gasteiger partial charge in [-0.2, -0.15) is 0 Å². The summed E-state index contributed by atoms with van der Waals surface area (Å²) in [6.07, 6.45) is 0.0157. The lowest BCUT2D eigenvalue weighted by molar-refractivity contribution is -0.140. The molecule has 0 saturated carbocycles. The van der Waals surface area contributed by atoms with Gasteiger partial charge >= 0.3 is 0 Å². The molecule has 19 heavy (non-hydrogen) atoms. The Morgan fingerprint density at radius 3 is 2.63 bits per heavy atom. The van der Waals surface area contributed by atoms with Crippen LogP contribution in [0.2, 0.25) is 4.34 Å². The fourth-order valence-corrected chi connectivity index (χ4v) is 2.92. The van der Waals surface area contributed by atoms with Crippen LogP contribution in [-0.2, 0) is 9.59 Å². The molecule has 102 valence electrons. The molecule has 0 bridgehead atoms. The minimum Gasteiger partial charge on any atom is -0.339 e. The van der Waals surface area contributed by atoms with Crippen molar-refractivity contribution < 1.29 is 14.4 Å². The van der Waals surface area contributed by atoms with Crippen LogP contribution in [0.1, 0.15) is 29.9 Å². The zero-order valence-corrected chi connectivity index (χ0v) is 12.0. The molecule has 0 aromatic carbocycles. The molecule has 1 aromatic rings. The smallest absolute Gasteiger partial charge is 0.262 e. The van der Waals surface area contributed by atoms with Crippen molar-refractivity contribution in [3.63, 3.8) is 0 Å². The second-order valence-corrected chi connectivity index (χ2v) is 6.24. The summed E-state index contributed by atoms with van der Waals surface area (Å²) in [7, 11) is 0. The molecule has 1 N–H and O–H groups in total. The minimum atomic E-state index is -0.775. The highest BCUT2D eigenvalue weighted by atomic mass is 35.5. The van der Waals surface area contributed by atoms with Crippen LogP contribution in [-0.4, -0.2) is 34.7 Å². The van der Waals surface area contributed by atoms with Crippen LogP contribution in [0, 0.1) is 0 Å². The van der Waals surface area contributed by atoms with E-state index in [1.165, 1.54) is 4.90 Å². The van der Waals surface area contributed by atoms with Crippen molar-refractivity contribution in [1.29, 1.82) is 0 Å². The molecule has 1 saturated heterocycles. The molecule has 1 fully saturated rings. The van der Waals surface area contributed by atoms with Crippen molar-refractivity contribution in [3.8, 4) is 0 Å². The van der Waals surface area contributed by atoms with Gasteiger partial charge in [-0.25, -0.2) is 0 Å². The number of carbonyl (C=O) groups excluding carboxylic acids is 3. The largest absolute Gasteiger partial charge is 0.339 e. The Hall–Kier alpha value is -1.40. The molecule has 0 unspecified atom stereocenters. The normalized spacial score (nSPS) is 19.4. The third-order valence-electron chi connectivity index (χ3n) is 2.80. The predicted octanol–water partition coefficient (Wildman–Crippen LogP) is 1.67. The lowest BCUT2D eigenvalue weighted by Crippen LogP contribution is -2.43. The first-order valence-corrected chi connectivity index (χ1v) is 7.01. The number of rotatable bonds is 3. The van der Waals surface area contributed by atoms with Gasteiger partial charge in [-0.3, -0.25) is 19.3 Å². The number of amides is 3. The number of carbonyl (C=O) groups is 3. The quantitative estimate of drug-likeness (QED) is 0.864. The first kappa shape index (κ1) is 14.0. The highest BCUT2D eigenvalue weighted by Crippen LogP contribution is 2.22. The third-order valence-corrected chi connectivity index (χ3v) is 4.03. The van der Waals surface area contributed by atoms with Gasteiger partial charge in [0.05, 0.1) is 15.6 Å². The van der Waals surface area contributed by atoms with Crippen molar-refractivity contribution in [1.82, 2.24) is 10.2 Å². The van der Waals surface area contributed by atoms with Crippen LogP contribution >= 0.6 is 22.9 Å². The predicted molar refractivity (Wildman–Crippen MR) is 72.2 cm³/mol. The Balaban J connectivity index is 2.07. The summed E-state index contributed by atoms with van der Waals surface area (Å²) in [6, 6.07) is 2.23. The maximum Gasteiger partial charge on any atom is 0.262 e. The topological polar surface area (TPSA) is 66.5 Å². The molecule has 5 nitrogen and oxygen atoms in total. The fraction of sp³-hybridized carbons (Fsp3) is 0.417. The number of hydrogen-bond donors (Lipinski definition) is 1. The van der Waals surface area contributed by atoms with E-state index in [4.69, 9.17) is 11.6 Å². The highest BCUT2D eigenvalue weighted by Gasteiger charge is 2.40. The zero-order chi connectivity index (χ0) is 14.2. The lowest BCUT2D eigenvalue weighted by Gasteiger charge is -2.19. The number of halogens is 1. The van der Waals surface area contributed by atoms with Crippen molar-refractivity contribution in [2.75, 3.05) is 0 Å². The maximum absolute atomic E-state index is 12.0. The van der Waals surface area contributed by atoms with Crippen molar-refractivity contribution >= 4 is 40.7 Å². The van der Waals surface area contributed by atoms with Gasteiger partial charge in [-0.1, -0.05) is 11.6 Å². The number of thiophene rings is 1. The third kappa shape index (κ3) is 2.79. The number of nitrogens with one attached hydrogen (secondary N) is 1. The van der Waals surface area contributed by atoms with Crippen molar-refractivity contribution in [2.24, 2.45) is 0 Å². The second-order valence-electron chi connectivity index (χ2n) is 4.53. The summed E-state index contributed by atoms with van der Waals surface area (Å²) in [6.45, 7) is 3.53. The van der Waals surface area contributed by atoms with Crippen LogP contribution in [0.25, 0.3) is 0 Å². The van der Waals surface area contributed by atoms with E-state index in [2.05, 4.69) is 5.32 Å². The van der Waals surface area contributed by atoms with Gasteiger partial charge in [-0.15, -0.1) is 11.3 Å². The molecule has 3 amide bonds. The number of hydrogen-bond acceptors (Lipinski definition) is 4. The second kappa shape index (κ2) is 5.30. The molecule has 7 heteroatoms. The SMILES string of the molecule is CC(C)N1C(=O)C[C@@H](NC(=O)c2ccc(Cl)s2)C1=O. The Labute approximate surface area is 119 Å².